The molecule has 0 saturated heterocycles. The summed E-state index contributed by atoms with van der Waals surface area (Å²) in [7, 11) is 1.77. The first kappa shape index (κ1) is 10.2. The zero-order chi connectivity index (χ0) is 10.6. The maximum atomic E-state index is 11.3. The smallest absolute Gasteiger partial charge is 0.311 e. The Bertz CT molecular complexity index is 343. The van der Waals surface area contributed by atoms with E-state index in [4.69, 9.17) is 5.11 Å². The van der Waals surface area contributed by atoms with E-state index in [0.717, 1.165) is 5.69 Å². The summed E-state index contributed by atoms with van der Waals surface area (Å²) in [6.07, 6.45) is -0.459. The number of Topliss-reactive ketones (excluding diaryl/α,β-unsaturated/α-hetero) is 1. The van der Waals surface area contributed by atoms with Gasteiger partial charge in [0.2, 0.25) is 0 Å². The minimum absolute atomic E-state index is 0.375. The summed E-state index contributed by atoms with van der Waals surface area (Å²) >= 11 is 0. The van der Waals surface area contributed by atoms with Gasteiger partial charge in [0, 0.05) is 18.3 Å². The van der Waals surface area contributed by atoms with Gasteiger partial charge < -0.3 is 10.4 Å². The van der Waals surface area contributed by atoms with Crippen LogP contribution < -0.4 is 5.32 Å². The normalized spacial score (nSPS) is 9.50. The highest BCUT2D eigenvalue weighted by atomic mass is 16.4. The largest absolute Gasteiger partial charge is 0.481 e. The molecule has 0 aromatic heterocycles. The standard InChI is InChI=1S/C10H11NO3/c1-11-8-4-2-7(3-5-8)9(12)6-10(13)14/h2-5,11H,6H2,1H3,(H,13,14). The van der Waals surface area contributed by atoms with Crippen LogP contribution in [0.1, 0.15) is 16.8 Å². The molecule has 0 radical (unpaired) electrons. The van der Waals surface area contributed by atoms with Crippen LogP contribution in [0.4, 0.5) is 5.69 Å². The monoisotopic (exact) mass is 193 g/mol. The molecule has 0 heterocycles. The number of carbonyl (C=O) groups excluding carboxylic acids is 1. The van der Waals surface area contributed by atoms with Crippen molar-refractivity contribution in [1.82, 2.24) is 0 Å². The van der Waals surface area contributed by atoms with Gasteiger partial charge in [-0.05, 0) is 24.3 Å². The summed E-state index contributed by atoms with van der Waals surface area (Å²) in [6, 6.07) is 6.68. The third-order valence-electron chi connectivity index (χ3n) is 1.81. The number of nitrogens with one attached hydrogen (secondary N) is 1. The van der Waals surface area contributed by atoms with Crippen LogP contribution in [0.15, 0.2) is 24.3 Å². The van der Waals surface area contributed by atoms with E-state index in [-0.39, 0.29) is 5.78 Å². The van der Waals surface area contributed by atoms with Crippen LogP contribution in [-0.4, -0.2) is 23.9 Å². The Kier molecular flexibility index (Phi) is 3.23. The van der Waals surface area contributed by atoms with Crippen molar-refractivity contribution in [1.29, 1.82) is 0 Å². The van der Waals surface area contributed by atoms with Crippen LogP contribution in [-0.2, 0) is 4.79 Å². The zero-order valence-corrected chi connectivity index (χ0v) is 7.78. The third-order valence-corrected chi connectivity index (χ3v) is 1.81. The average molecular weight is 193 g/mol. The number of rotatable bonds is 4. The van der Waals surface area contributed by atoms with E-state index in [2.05, 4.69) is 5.32 Å². The van der Waals surface area contributed by atoms with Gasteiger partial charge in [-0.3, -0.25) is 9.59 Å². The second-order valence-corrected chi connectivity index (χ2v) is 2.82. The first-order chi connectivity index (χ1) is 6.63. The number of benzene rings is 1. The Morgan fingerprint density at radius 1 is 1.29 bits per heavy atom. The Labute approximate surface area is 81.6 Å². The number of carbonyl (C=O) groups is 2. The molecule has 0 spiro atoms. The lowest BCUT2D eigenvalue weighted by Crippen LogP contribution is -2.06. The van der Waals surface area contributed by atoms with Crippen molar-refractivity contribution in [2.75, 3.05) is 12.4 Å². The summed E-state index contributed by atoms with van der Waals surface area (Å²) in [5.74, 6) is -1.48. The molecule has 0 aliphatic carbocycles. The molecule has 0 bridgehead atoms. The molecule has 0 aliphatic heterocycles. The van der Waals surface area contributed by atoms with Gasteiger partial charge >= 0.3 is 5.97 Å². The van der Waals surface area contributed by atoms with Crippen molar-refractivity contribution < 1.29 is 14.7 Å². The van der Waals surface area contributed by atoms with E-state index in [1.165, 1.54) is 0 Å². The van der Waals surface area contributed by atoms with E-state index in [0.29, 0.717) is 5.56 Å². The number of hydrogen-bond acceptors (Lipinski definition) is 3. The number of anilines is 1. The van der Waals surface area contributed by atoms with E-state index >= 15 is 0 Å². The molecular formula is C10H11NO3. The van der Waals surface area contributed by atoms with Crippen molar-refractivity contribution in [2.24, 2.45) is 0 Å². The van der Waals surface area contributed by atoms with Gasteiger partial charge in [0.15, 0.2) is 5.78 Å². The van der Waals surface area contributed by atoms with Crippen LogP contribution >= 0.6 is 0 Å². The molecule has 14 heavy (non-hydrogen) atoms. The van der Waals surface area contributed by atoms with Crippen molar-refractivity contribution in [3.63, 3.8) is 0 Å². The molecule has 1 aromatic rings. The number of ketones is 1. The lowest BCUT2D eigenvalue weighted by molar-refractivity contribution is -0.135. The van der Waals surface area contributed by atoms with Crippen LogP contribution in [0.5, 0.6) is 0 Å². The molecule has 0 aliphatic rings. The van der Waals surface area contributed by atoms with Gasteiger partial charge in [-0.2, -0.15) is 0 Å². The highest BCUT2D eigenvalue weighted by Crippen LogP contribution is 2.10. The SMILES string of the molecule is CNc1ccc(C(=O)CC(=O)O)cc1. The second kappa shape index (κ2) is 4.41. The fourth-order valence-corrected chi connectivity index (χ4v) is 1.06. The van der Waals surface area contributed by atoms with Crippen LogP contribution in [0, 0.1) is 0 Å². The highest BCUT2D eigenvalue weighted by Gasteiger charge is 2.09. The van der Waals surface area contributed by atoms with Gasteiger partial charge in [0.05, 0.1) is 0 Å². The first-order valence-electron chi connectivity index (χ1n) is 4.16. The second-order valence-electron chi connectivity index (χ2n) is 2.82. The number of carboxylic acids is 1. The van der Waals surface area contributed by atoms with Crippen LogP contribution in [0.3, 0.4) is 0 Å². The van der Waals surface area contributed by atoms with Crippen molar-refractivity contribution >= 4 is 17.4 Å². The molecule has 2 N–H and O–H groups in total. The van der Waals surface area contributed by atoms with E-state index in [1.54, 1.807) is 31.3 Å². The molecule has 0 atom stereocenters. The summed E-state index contributed by atoms with van der Waals surface area (Å²) in [5.41, 5.74) is 1.31. The maximum absolute atomic E-state index is 11.3. The fraction of sp³-hybridized carbons (Fsp3) is 0.200. The lowest BCUT2D eigenvalue weighted by Gasteiger charge is -2.01. The highest BCUT2D eigenvalue weighted by molar-refractivity contribution is 6.05. The lowest BCUT2D eigenvalue weighted by atomic mass is 10.1. The predicted molar refractivity (Wildman–Crippen MR) is 52.6 cm³/mol. The number of carboxylic acid groups (broad SMARTS) is 1. The number of aliphatic carboxylic acids is 1. The van der Waals surface area contributed by atoms with Crippen molar-refractivity contribution in [3.05, 3.63) is 29.8 Å². The average Bonchev–Trinajstić information content (AvgIpc) is 2.17. The van der Waals surface area contributed by atoms with Crippen molar-refractivity contribution in [2.45, 2.75) is 6.42 Å². The zero-order valence-electron chi connectivity index (χ0n) is 7.78. The Balaban J connectivity index is 2.76. The minimum Gasteiger partial charge on any atom is -0.481 e. The third kappa shape index (κ3) is 2.58. The maximum Gasteiger partial charge on any atom is 0.311 e. The Hall–Kier alpha value is -1.84. The molecule has 4 nitrogen and oxygen atoms in total. The molecule has 0 amide bonds. The molecule has 74 valence electrons. The molecule has 1 rings (SSSR count). The summed E-state index contributed by atoms with van der Waals surface area (Å²) in [5, 5.41) is 11.3. The molecule has 0 saturated carbocycles. The fourth-order valence-electron chi connectivity index (χ4n) is 1.06. The quantitative estimate of drug-likeness (QED) is 0.560. The van der Waals surface area contributed by atoms with Gasteiger partial charge in [0.25, 0.3) is 0 Å². The summed E-state index contributed by atoms with van der Waals surface area (Å²) < 4.78 is 0. The number of hydrogen-bond donors (Lipinski definition) is 2. The summed E-state index contributed by atoms with van der Waals surface area (Å²) in [6.45, 7) is 0. The molecule has 0 unspecified atom stereocenters. The van der Waals surface area contributed by atoms with Gasteiger partial charge in [-0.15, -0.1) is 0 Å². The molecule has 1 aromatic carbocycles. The summed E-state index contributed by atoms with van der Waals surface area (Å²) in [4.78, 5) is 21.5. The topological polar surface area (TPSA) is 66.4 Å². The van der Waals surface area contributed by atoms with Gasteiger partial charge in [-0.25, -0.2) is 0 Å². The van der Waals surface area contributed by atoms with Crippen LogP contribution in [0.2, 0.25) is 0 Å². The predicted octanol–water partition coefficient (Wildman–Crippen LogP) is 1.39. The minimum atomic E-state index is -1.10. The molecule has 4 heteroatoms. The van der Waals surface area contributed by atoms with E-state index in [1.807, 2.05) is 0 Å². The van der Waals surface area contributed by atoms with Crippen LogP contribution in [0.25, 0.3) is 0 Å². The van der Waals surface area contributed by atoms with Gasteiger partial charge in [-0.1, -0.05) is 0 Å². The van der Waals surface area contributed by atoms with Gasteiger partial charge in [0.1, 0.15) is 6.42 Å². The Morgan fingerprint density at radius 3 is 2.29 bits per heavy atom. The Morgan fingerprint density at radius 2 is 1.86 bits per heavy atom. The molecular weight excluding hydrogens is 182 g/mol. The first-order valence-corrected chi connectivity index (χ1v) is 4.16. The molecule has 0 fully saturated rings. The van der Waals surface area contributed by atoms with E-state index in [9.17, 15) is 9.59 Å². The van der Waals surface area contributed by atoms with Crippen molar-refractivity contribution in [3.8, 4) is 0 Å². The van der Waals surface area contributed by atoms with E-state index < -0.39 is 12.4 Å².